The largest absolute Gasteiger partial charge is 0.465 e. The van der Waals surface area contributed by atoms with Gasteiger partial charge in [0.25, 0.3) is 0 Å². The van der Waals surface area contributed by atoms with Gasteiger partial charge < -0.3 is 9.47 Å². The molecule has 2 aromatic rings. The molecule has 0 aliphatic heterocycles. The Balaban J connectivity index is 2.02. The highest BCUT2D eigenvalue weighted by Gasteiger charge is 2.40. The van der Waals surface area contributed by atoms with Crippen LogP contribution in [0.15, 0.2) is 70.6 Å². The third kappa shape index (κ3) is 5.41. The highest BCUT2D eigenvalue weighted by molar-refractivity contribution is 6.16. The molecular formula is C24H26N2O4. The van der Waals surface area contributed by atoms with E-state index in [9.17, 15) is 9.59 Å². The van der Waals surface area contributed by atoms with Crippen LogP contribution in [0.1, 0.15) is 26.7 Å². The molecule has 30 heavy (non-hydrogen) atoms. The predicted octanol–water partition coefficient (Wildman–Crippen LogP) is 4.68. The molecule has 1 saturated carbocycles. The molecule has 6 nitrogen and oxygen atoms in total. The van der Waals surface area contributed by atoms with Crippen molar-refractivity contribution in [2.45, 2.75) is 26.7 Å². The van der Waals surface area contributed by atoms with Gasteiger partial charge in [-0.1, -0.05) is 36.4 Å². The molecule has 6 heteroatoms. The molecule has 2 aromatic carbocycles. The maximum absolute atomic E-state index is 12.7. The standard InChI is InChI=1S/C24H26N2O4/c1-3-29-23(27)19-15-22(26-18-13-9-6-10-14-18)20(24(28)30-4-2)16-21(19)25-17-11-7-5-8-12-17/h5-14,19-20H,3-4,15-16H2,1-2H3. The van der Waals surface area contributed by atoms with Crippen LogP contribution in [0, 0.1) is 11.8 Å². The van der Waals surface area contributed by atoms with Crippen molar-refractivity contribution in [1.29, 1.82) is 0 Å². The molecule has 0 bridgehead atoms. The first-order valence-corrected chi connectivity index (χ1v) is 10.2. The summed E-state index contributed by atoms with van der Waals surface area (Å²) in [6, 6.07) is 18.8. The summed E-state index contributed by atoms with van der Waals surface area (Å²) in [7, 11) is 0. The van der Waals surface area contributed by atoms with Gasteiger partial charge in [-0.3, -0.25) is 19.6 Å². The van der Waals surface area contributed by atoms with Crippen molar-refractivity contribution in [1.82, 2.24) is 0 Å². The van der Waals surface area contributed by atoms with Gasteiger partial charge in [-0.2, -0.15) is 0 Å². The molecule has 0 amide bonds. The Labute approximate surface area is 176 Å². The Morgan fingerprint density at radius 2 is 1.10 bits per heavy atom. The van der Waals surface area contributed by atoms with Crippen LogP contribution in [-0.2, 0) is 19.1 Å². The number of hydrogen-bond acceptors (Lipinski definition) is 6. The van der Waals surface area contributed by atoms with Crippen molar-refractivity contribution in [3.05, 3.63) is 60.7 Å². The second kappa shape index (κ2) is 10.5. The van der Waals surface area contributed by atoms with E-state index in [0.717, 1.165) is 11.4 Å². The zero-order valence-corrected chi connectivity index (χ0v) is 17.3. The molecule has 0 radical (unpaired) electrons. The van der Waals surface area contributed by atoms with E-state index in [4.69, 9.17) is 19.5 Å². The third-order valence-corrected chi connectivity index (χ3v) is 4.83. The lowest BCUT2D eigenvalue weighted by molar-refractivity contribution is -0.148. The molecule has 2 unspecified atom stereocenters. The van der Waals surface area contributed by atoms with Gasteiger partial charge in [-0.25, -0.2) is 0 Å². The first-order chi connectivity index (χ1) is 14.6. The molecule has 156 valence electrons. The Kier molecular flexibility index (Phi) is 7.49. The summed E-state index contributed by atoms with van der Waals surface area (Å²) in [4.78, 5) is 34.8. The summed E-state index contributed by atoms with van der Waals surface area (Å²) in [5.41, 5.74) is 2.69. The number of aliphatic imine (C=N–C) groups is 2. The number of nitrogens with zero attached hydrogens (tertiary/aromatic N) is 2. The summed E-state index contributed by atoms with van der Waals surface area (Å²) < 4.78 is 10.6. The number of carbonyl (C=O) groups is 2. The highest BCUT2D eigenvalue weighted by atomic mass is 16.5. The van der Waals surface area contributed by atoms with E-state index >= 15 is 0 Å². The van der Waals surface area contributed by atoms with E-state index in [-0.39, 0.29) is 38.0 Å². The highest BCUT2D eigenvalue weighted by Crippen LogP contribution is 2.31. The van der Waals surface area contributed by atoms with Crippen LogP contribution < -0.4 is 0 Å². The molecular weight excluding hydrogens is 380 g/mol. The van der Waals surface area contributed by atoms with Gasteiger partial charge >= 0.3 is 11.9 Å². The number of benzene rings is 2. The van der Waals surface area contributed by atoms with E-state index in [0.29, 0.717) is 11.4 Å². The maximum Gasteiger partial charge on any atom is 0.315 e. The van der Waals surface area contributed by atoms with Gasteiger partial charge in [0, 0.05) is 24.3 Å². The first kappa shape index (κ1) is 21.4. The lowest BCUT2D eigenvalue weighted by Gasteiger charge is -2.29. The Bertz CT molecular complexity index is 845. The van der Waals surface area contributed by atoms with Crippen LogP contribution in [0.3, 0.4) is 0 Å². The second-order valence-electron chi connectivity index (χ2n) is 6.89. The number of esters is 2. The quantitative estimate of drug-likeness (QED) is 0.653. The zero-order valence-electron chi connectivity index (χ0n) is 17.3. The Hall–Kier alpha value is -3.28. The van der Waals surface area contributed by atoms with E-state index in [1.165, 1.54) is 0 Å². The van der Waals surface area contributed by atoms with Crippen molar-refractivity contribution in [2.75, 3.05) is 13.2 Å². The first-order valence-electron chi connectivity index (χ1n) is 10.2. The second-order valence-corrected chi connectivity index (χ2v) is 6.89. The van der Waals surface area contributed by atoms with Crippen LogP contribution in [0.25, 0.3) is 0 Å². The number of rotatable bonds is 6. The van der Waals surface area contributed by atoms with Gasteiger partial charge in [-0.15, -0.1) is 0 Å². The van der Waals surface area contributed by atoms with Crippen molar-refractivity contribution in [3.63, 3.8) is 0 Å². The number of carbonyl (C=O) groups excluding carboxylic acids is 2. The minimum atomic E-state index is -0.585. The van der Waals surface area contributed by atoms with E-state index < -0.39 is 11.8 Å². The monoisotopic (exact) mass is 406 g/mol. The fourth-order valence-corrected chi connectivity index (χ4v) is 3.45. The fourth-order valence-electron chi connectivity index (χ4n) is 3.45. The summed E-state index contributed by atoms with van der Waals surface area (Å²) in [5, 5.41) is 0. The molecule has 1 aliphatic carbocycles. The third-order valence-electron chi connectivity index (χ3n) is 4.83. The molecule has 1 fully saturated rings. The Morgan fingerprint density at radius 3 is 1.43 bits per heavy atom. The van der Waals surface area contributed by atoms with Crippen molar-refractivity contribution < 1.29 is 19.1 Å². The van der Waals surface area contributed by atoms with Crippen LogP contribution in [0.4, 0.5) is 11.4 Å². The van der Waals surface area contributed by atoms with Crippen LogP contribution in [0.2, 0.25) is 0 Å². The average molecular weight is 406 g/mol. The van der Waals surface area contributed by atoms with Gasteiger partial charge in [0.1, 0.15) is 11.8 Å². The summed E-state index contributed by atoms with van der Waals surface area (Å²) >= 11 is 0. The van der Waals surface area contributed by atoms with Crippen LogP contribution in [-0.4, -0.2) is 36.6 Å². The number of hydrogen-bond donors (Lipinski definition) is 0. The van der Waals surface area contributed by atoms with Gasteiger partial charge in [0.15, 0.2) is 0 Å². The fraction of sp³-hybridized carbons (Fsp3) is 0.333. The SMILES string of the molecule is CCOC(=O)C1CC(=Nc2ccccc2)C(C(=O)OCC)CC1=Nc1ccccc1. The number of para-hydroxylation sites is 2. The van der Waals surface area contributed by atoms with Gasteiger partial charge in [0.05, 0.1) is 24.6 Å². The lowest BCUT2D eigenvalue weighted by Crippen LogP contribution is -2.41. The maximum atomic E-state index is 12.7. The molecule has 0 saturated heterocycles. The molecule has 0 N–H and O–H groups in total. The summed E-state index contributed by atoms with van der Waals surface area (Å²) in [6.45, 7) is 4.10. The molecule has 0 aromatic heterocycles. The van der Waals surface area contributed by atoms with Gasteiger partial charge in [0.2, 0.25) is 0 Å². The van der Waals surface area contributed by atoms with Crippen LogP contribution in [0.5, 0.6) is 0 Å². The average Bonchev–Trinajstić information content (AvgIpc) is 2.76. The Morgan fingerprint density at radius 1 is 0.733 bits per heavy atom. The molecule has 0 heterocycles. The topological polar surface area (TPSA) is 77.3 Å². The normalized spacial score (nSPS) is 21.4. The predicted molar refractivity (Wildman–Crippen MR) is 117 cm³/mol. The molecule has 3 rings (SSSR count). The van der Waals surface area contributed by atoms with Crippen molar-refractivity contribution >= 4 is 34.7 Å². The minimum Gasteiger partial charge on any atom is -0.465 e. The zero-order chi connectivity index (χ0) is 21.3. The minimum absolute atomic E-state index is 0.267. The number of ether oxygens (including phenoxy) is 2. The van der Waals surface area contributed by atoms with Crippen molar-refractivity contribution in [3.8, 4) is 0 Å². The molecule has 0 spiro atoms. The van der Waals surface area contributed by atoms with E-state index in [1.807, 2.05) is 60.7 Å². The van der Waals surface area contributed by atoms with Gasteiger partial charge in [-0.05, 0) is 38.1 Å². The summed E-state index contributed by atoms with van der Waals surface area (Å²) in [6.07, 6.45) is 0.533. The van der Waals surface area contributed by atoms with E-state index in [2.05, 4.69) is 0 Å². The summed E-state index contributed by atoms with van der Waals surface area (Å²) in [5.74, 6) is -1.87. The van der Waals surface area contributed by atoms with E-state index in [1.54, 1.807) is 13.8 Å². The smallest absolute Gasteiger partial charge is 0.315 e. The van der Waals surface area contributed by atoms with Crippen molar-refractivity contribution in [2.24, 2.45) is 21.8 Å². The molecule has 1 aliphatic rings. The van der Waals surface area contributed by atoms with Crippen LogP contribution >= 0.6 is 0 Å². The molecule has 2 atom stereocenters. The lowest BCUT2D eigenvalue weighted by atomic mass is 9.78.